The van der Waals surface area contributed by atoms with E-state index in [4.69, 9.17) is 0 Å². The van der Waals surface area contributed by atoms with E-state index in [0.29, 0.717) is 11.5 Å². The zero-order valence-corrected chi connectivity index (χ0v) is 14.5. The molecule has 0 radical (unpaired) electrons. The molecule has 0 spiro atoms. The maximum absolute atomic E-state index is 11.2. The molecule has 0 unspecified atom stereocenters. The van der Waals surface area contributed by atoms with Crippen molar-refractivity contribution in [2.75, 3.05) is 55.9 Å². The van der Waals surface area contributed by atoms with Crippen molar-refractivity contribution in [1.29, 1.82) is 0 Å². The van der Waals surface area contributed by atoms with Crippen LogP contribution in [-0.2, 0) is 4.74 Å². The third kappa shape index (κ3) is 4.60. The van der Waals surface area contributed by atoms with Gasteiger partial charge < -0.3 is 19.9 Å². The minimum absolute atomic E-state index is 0.512. The number of amides is 1. The van der Waals surface area contributed by atoms with Crippen LogP contribution >= 0.6 is 0 Å². The Hall–Kier alpha value is -2.80. The fourth-order valence-corrected chi connectivity index (χ4v) is 2.68. The highest BCUT2D eigenvalue weighted by Gasteiger charge is 2.13. The van der Waals surface area contributed by atoms with Gasteiger partial charge in [-0.05, 0) is 43.4 Å². The Kier molecular flexibility index (Phi) is 5.35. The number of hydrogen-bond acceptors (Lipinski definition) is 6. The number of carbonyl (C=O) groups is 1. The standard InChI is InChI=1S/C18H23N5O2/c1-22-9-11-23(12-10-22)16-6-3-14(4-7-16)20-17-8-5-15(13-19-17)21-18(24)25-2/h3-8,13H,9-12H2,1-2H3,(H,19,20)(H,21,24). The summed E-state index contributed by atoms with van der Waals surface area (Å²) >= 11 is 0. The first-order chi connectivity index (χ1) is 12.1. The monoisotopic (exact) mass is 341 g/mol. The molecule has 132 valence electrons. The zero-order chi connectivity index (χ0) is 17.6. The molecule has 1 aliphatic rings. The number of nitrogens with zero attached hydrogens (tertiary/aromatic N) is 3. The van der Waals surface area contributed by atoms with Gasteiger partial charge in [-0.15, -0.1) is 0 Å². The minimum atomic E-state index is -0.512. The van der Waals surface area contributed by atoms with Gasteiger partial charge in [0.15, 0.2) is 0 Å². The Morgan fingerprint density at radius 3 is 2.32 bits per heavy atom. The Morgan fingerprint density at radius 2 is 1.72 bits per heavy atom. The van der Waals surface area contributed by atoms with Crippen LogP contribution in [0.1, 0.15) is 0 Å². The van der Waals surface area contributed by atoms with Crippen LogP contribution in [0.3, 0.4) is 0 Å². The molecule has 1 aromatic heterocycles. The number of aromatic nitrogens is 1. The van der Waals surface area contributed by atoms with Crippen LogP contribution in [-0.4, -0.2) is 56.3 Å². The van der Waals surface area contributed by atoms with Gasteiger partial charge in [0.25, 0.3) is 0 Å². The lowest BCUT2D eigenvalue weighted by atomic mass is 10.2. The molecule has 2 aromatic rings. The van der Waals surface area contributed by atoms with Crippen molar-refractivity contribution in [2.24, 2.45) is 0 Å². The second-order valence-corrected chi connectivity index (χ2v) is 6.01. The molecule has 1 saturated heterocycles. The highest BCUT2D eigenvalue weighted by atomic mass is 16.5. The smallest absolute Gasteiger partial charge is 0.411 e. The number of piperazine rings is 1. The highest BCUT2D eigenvalue weighted by Crippen LogP contribution is 2.21. The summed E-state index contributed by atoms with van der Waals surface area (Å²) in [6.45, 7) is 4.30. The normalized spacial score (nSPS) is 14.9. The van der Waals surface area contributed by atoms with Gasteiger partial charge in [0.05, 0.1) is 19.0 Å². The summed E-state index contributed by atoms with van der Waals surface area (Å²) < 4.78 is 4.55. The van der Waals surface area contributed by atoms with Crippen molar-refractivity contribution in [3.8, 4) is 0 Å². The van der Waals surface area contributed by atoms with Crippen LogP contribution in [0.25, 0.3) is 0 Å². The van der Waals surface area contributed by atoms with E-state index in [1.165, 1.54) is 12.8 Å². The van der Waals surface area contributed by atoms with Gasteiger partial charge in [0.2, 0.25) is 0 Å². The van der Waals surface area contributed by atoms with E-state index in [2.05, 4.69) is 61.5 Å². The molecule has 0 saturated carbocycles. The minimum Gasteiger partial charge on any atom is -0.453 e. The molecular weight excluding hydrogens is 318 g/mol. The molecule has 0 aliphatic carbocycles. The van der Waals surface area contributed by atoms with Gasteiger partial charge in [-0.25, -0.2) is 9.78 Å². The number of carbonyl (C=O) groups excluding carboxylic acids is 1. The van der Waals surface area contributed by atoms with Gasteiger partial charge >= 0.3 is 6.09 Å². The average Bonchev–Trinajstić information content (AvgIpc) is 2.64. The molecular formula is C18H23N5O2. The Morgan fingerprint density at radius 1 is 1.04 bits per heavy atom. The molecule has 7 heteroatoms. The molecule has 25 heavy (non-hydrogen) atoms. The van der Waals surface area contributed by atoms with Crippen LogP contribution in [0.4, 0.5) is 27.7 Å². The van der Waals surface area contributed by atoms with Gasteiger partial charge in [0, 0.05) is 37.6 Å². The quantitative estimate of drug-likeness (QED) is 0.891. The number of nitrogens with one attached hydrogen (secondary N) is 2. The summed E-state index contributed by atoms with van der Waals surface area (Å²) in [6, 6.07) is 11.9. The van der Waals surface area contributed by atoms with E-state index in [1.807, 2.05) is 0 Å². The van der Waals surface area contributed by atoms with E-state index in [0.717, 1.165) is 31.9 Å². The maximum atomic E-state index is 11.2. The summed E-state index contributed by atoms with van der Waals surface area (Å²) in [6.07, 6.45) is 1.07. The summed E-state index contributed by atoms with van der Waals surface area (Å²) in [5.41, 5.74) is 2.80. The highest BCUT2D eigenvalue weighted by molar-refractivity contribution is 5.84. The van der Waals surface area contributed by atoms with Crippen molar-refractivity contribution in [3.05, 3.63) is 42.6 Å². The van der Waals surface area contributed by atoms with Crippen molar-refractivity contribution in [2.45, 2.75) is 0 Å². The Labute approximate surface area is 147 Å². The van der Waals surface area contributed by atoms with Crippen molar-refractivity contribution >= 4 is 29.0 Å². The van der Waals surface area contributed by atoms with Gasteiger partial charge in [-0.3, -0.25) is 5.32 Å². The Bertz CT molecular complexity index is 694. The van der Waals surface area contributed by atoms with Crippen LogP contribution in [0.2, 0.25) is 0 Å². The first kappa shape index (κ1) is 17.0. The molecule has 7 nitrogen and oxygen atoms in total. The molecule has 1 aliphatic heterocycles. The van der Waals surface area contributed by atoms with Gasteiger partial charge in [-0.2, -0.15) is 0 Å². The Balaban J connectivity index is 1.58. The second kappa shape index (κ2) is 7.85. The number of pyridine rings is 1. The summed E-state index contributed by atoms with van der Waals surface area (Å²) in [5, 5.41) is 5.82. The fourth-order valence-electron chi connectivity index (χ4n) is 2.68. The molecule has 0 bridgehead atoms. The number of rotatable bonds is 4. The predicted molar refractivity (Wildman–Crippen MR) is 99.7 cm³/mol. The predicted octanol–water partition coefficient (Wildman–Crippen LogP) is 2.76. The van der Waals surface area contributed by atoms with Crippen LogP contribution < -0.4 is 15.5 Å². The molecule has 1 amide bonds. The third-order valence-corrected chi connectivity index (χ3v) is 4.20. The zero-order valence-electron chi connectivity index (χ0n) is 14.5. The van der Waals surface area contributed by atoms with Crippen molar-refractivity contribution in [1.82, 2.24) is 9.88 Å². The lowest BCUT2D eigenvalue weighted by Gasteiger charge is -2.34. The summed E-state index contributed by atoms with van der Waals surface area (Å²) in [7, 11) is 3.48. The van der Waals surface area contributed by atoms with E-state index in [1.54, 1.807) is 18.3 Å². The number of hydrogen-bond donors (Lipinski definition) is 2. The molecule has 1 aromatic carbocycles. The van der Waals surface area contributed by atoms with Gasteiger partial charge in [0.1, 0.15) is 5.82 Å². The van der Waals surface area contributed by atoms with E-state index < -0.39 is 6.09 Å². The first-order valence-corrected chi connectivity index (χ1v) is 8.25. The van der Waals surface area contributed by atoms with Crippen LogP contribution in [0.15, 0.2) is 42.6 Å². The first-order valence-electron chi connectivity index (χ1n) is 8.25. The van der Waals surface area contributed by atoms with E-state index in [-0.39, 0.29) is 0 Å². The lowest BCUT2D eigenvalue weighted by molar-refractivity contribution is 0.187. The molecule has 2 N–H and O–H groups in total. The number of methoxy groups -OCH3 is 1. The molecule has 2 heterocycles. The molecule has 0 atom stereocenters. The second-order valence-electron chi connectivity index (χ2n) is 6.01. The van der Waals surface area contributed by atoms with Crippen LogP contribution in [0, 0.1) is 0 Å². The van der Waals surface area contributed by atoms with Gasteiger partial charge in [-0.1, -0.05) is 0 Å². The van der Waals surface area contributed by atoms with Crippen molar-refractivity contribution in [3.63, 3.8) is 0 Å². The average molecular weight is 341 g/mol. The largest absolute Gasteiger partial charge is 0.453 e. The van der Waals surface area contributed by atoms with E-state index >= 15 is 0 Å². The lowest BCUT2D eigenvalue weighted by Crippen LogP contribution is -2.44. The number of benzene rings is 1. The third-order valence-electron chi connectivity index (χ3n) is 4.20. The molecule has 3 rings (SSSR count). The number of likely N-dealkylation sites (N-methyl/N-ethyl adjacent to an activating group) is 1. The topological polar surface area (TPSA) is 69.7 Å². The maximum Gasteiger partial charge on any atom is 0.411 e. The fraction of sp³-hybridized carbons (Fsp3) is 0.333. The van der Waals surface area contributed by atoms with Crippen molar-refractivity contribution < 1.29 is 9.53 Å². The SMILES string of the molecule is COC(=O)Nc1ccc(Nc2ccc(N3CCN(C)CC3)cc2)nc1. The summed E-state index contributed by atoms with van der Waals surface area (Å²) in [5.74, 6) is 0.711. The molecule has 1 fully saturated rings. The number of anilines is 4. The van der Waals surface area contributed by atoms with Crippen LogP contribution in [0.5, 0.6) is 0 Å². The summed E-state index contributed by atoms with van der Waals surface area (Å²) in [4.78, 5) is 20.2. The van der Waals surface area contributed by atoms with E-state index in [9.17, 15) is 4.79 Å². The number of ether oxygens (including phenoxy) is 1.